The Labute approximate surface area is 137 Å². The molecule has 118 valence electrons. The molecule has 1 aliphatic carbocycles. The Balaban J connectivity index is 1.50. The molecule has 0 fully saturated rings. The summed E-state index contributed by atoms with van der Waals surface area (Å²) in [6.45, 7) is 3.99. The molecule has 0 aliphatic heterocycles. The Bertz CT molecular complexity index is 819. The maximum atomic E-state index is 4.81. The highest BCUT2D eigenvalue weighted by molar-refractivity contribution is 5.75. The zero-order chi connectivity index (χ0) is 15.6. The summed E-state index contributed by atoms with van der Waals surface area (Å²) >= 11 is 0. The fraction of sp³-hybridized carbons (Fsp3) is 0.350. The second kappa shape index (κ2) is 6.17. The summed E-state index contributed by atoms with van der Waals surface area (Å²) in [6, 6.07) is 17.8. The number of aryl methyl sites for hydroxylation is 2. The fourth-order valence-corrected chi connectivity index (χ4v) is 3.72. The molecule has 0 amide bonds. The number of hydrogen-bond donors (Lipinski definition) is 1. The van der Waals surface area contributed by atoms with Crippen LogP contribution in [0.1, 0.15) is 30.3 Å². The van der Waals surface area contributed by atoms with Crippen molar-refractivity contribution in [3.8, 4) is 0 Å². The summed E-state index contributed by atoms with van der Waals surface area (Å²) in [6.07, 6.45) is 3.52. The molecule has 1 aromatic heterocycles. The van der Waals surface area contributed by atoms with Gasteiger partial charge in [0.05, 0.1) is 17.6 Å². The first kappa shape index (κ1) is 14.5. The van der Waals surface area contributed by atoms with Gasteiger partial charge in [-0.2, -0.15) is 0 Å². The van der Waals surface area contributed by atoms with Gasteiger partial charge in [0.25, 0.3) is 0 Å². The van der Waals surface area contributed by atoms with E-state index in [1.54, 1.807) is 0 Å². The molecule has 3 aromatic rings. The highest BCUT2D eigenvalue weighted by Gasteiger charge is 2.18. The van der Waals surface area contributed by atoms with E-state index in [4.69, 9.17) is 4.98 Å². The molecule has 23 heavy (non-hydrogen) atoms. The Morgan fingerprint density at radius 2 is 1.87 bits per heavy atom. The van der Waals surface area contributed by atoms with Crippen LogP contribution in [0.3, 0.4) is 0 Å². The first-order chi connectivity index (χ1) is 11.3. The molecule has 1 N–H and O–H groups in total. The van der Waals surface area contributed by atoms with Crippen LogP contribution in [-0.4, -0.2) is 15.6 Å². The Morgan fingerprint density at radius 3 is 2.74 bits per heavy atom. The van der Waals surface area contributed by atoms with Gasteiger partial charge in [-0.05, 0) is 49.4 Å². The van der Waals surface area contributed by atoms with Crippen molar-refractivity contribution in [1.29, 1.82) is 0 Å². The van der Waals surface area contributed by atoms with Crippen molar-refractivity contribution < 1.29 is 0 Å². The van der Waals surface area contributed by atoms with Crippen LogP contribution in [0.15, 0.2) is 48.5 Å². The predicted octanol–water partition coefficient (Wildman–Crippen LogP) is 3.70. The molecule has 0 spiro atoms. The monoisotopic (exact) mass is 305 g/mol. The second-order valence-electron chi connectivity index (χ2n) is 6.35. The zero-order valence-corrected chi connectivity index (χ0v) is 13.6. The number of rotatable bonds is 4. The number of imidazole rings is 1. The first-order valence-corrected chi connectivity index (χ1v) is 8.59. The van der Waals surface area contributed by atoms with Crippen molar-refractivity contribution in [2.75, 3.05) is 0 Å². The van der Waals surface area contributed by atoms with Gasteiger partial charge in [0, 0.05) is 12.6 Å². The van der Waals surface area contributed by atoms with Crippen molar-refractivity contribution in [3.63, 3.8) is 0 Å². The lowest BCUT2D eigenvalue weighted by molar-refractivity contribution is 0.446. The van der Waals surface area contributed by atoms with Crippen LogP contribution < -0.4 is 5.32 Å². The molecular weight excluding hydrogens is 282 g/mol. The molecule has 0 unspecified atom stereocenters. The highest BCUT2D eigenvalue weighted by atomic mass is 15.1. The summed E-state index contributed by atoms with van der Waals surface area (Å²) in [5.41, 5.74) is 5.35. The van der Waals surface area contributed by atoms with E-state index in [1.165, 1.54) is 29.5 Å². The van der Waals surface area contributed by atoms with Crippen molar-refractivity contribution in [2.45, 2.75) is 45.3 Å². The highest BCUT2D eigenvalue weighted by Crippen LogP contribution is 2.22. The minimum atomic E-state index is 0.551. The van der Waals surface area contributed by atoms with E-state index < -0.39 is 0 Å². The third-order valence-corrected chi connectivity index (χ3v) is 4.95. The van der Waals surface area contributed by atoms with Crippen LogP contribution in [-0.2, 0) is 25.9 Å². The van der Waals surface area contributed by atoms with Crippen molar-refractivity contribution in [3.05, 3.63) is 65.5 Å². The molecule has 1 heterocycles. The number of nitrogens with zero attached hydrogens (tertiary/aromatic N) is 2. The Hall–Kier alpha value is -2.13. The lowest BCUT2D eigenvalue weighted by Crippen LogP contribution is -2.34. The van der Waals surface area contributed by atoms with E-state index >= 15 is 0 Å². The van der Waals surface area contributed by atoms with Gasteiger partial charge in [0.1, 0.15) is 5.82 Å². The minimum absolute atomic E-state index is 0.551. The lowest BCUT2D eigenvalue weighted by atomic mass is 9.88. The summed E-state index contributed by atoms with van der Waals surface area (Å²) in [4.78, 5) is 4.81. The van der Waals surface area contributed by atoms with Gasteiger partial charge in [-0.3, -0.25) is 0 Å². The molecule has 0 radical (unpaired) electrons. The molecule has 1 aliphatic rings. The first-order valence-electron chi connectivity index (χ1n) is 8.59. The molecule has 1 atom stereocenters. The van der Waals surface area contributed by atoms with E-state index in [-0.39, 0.29) is 0 Å². The van der Waals surface area contributed by atoms with E-state index in [2.05, 4.69) is 65.3 Å². The molecule has 0 saturated carbocycles. The average Bonchev–Trinajstić information content (AvgIpc) is 2.97. The van der Waals surface area contributed by atoms with Crippen molar-refractivity contribution in [2.24, 2.45) is 0 Å². The normalized spacial score (nSPS) is 17.3. The third-order valence-electron chi connectivity index (χ3n) is 4.95. The predicted molar refractivity (Wildman–Crippen MR) is 94.5 cm³/mol. The van der Waals surface area contributed by atoms with Gasteiger partial charge in [-0.15, -0.1) is 0 Å². The molecular formula is C20H23N3. The van der Waals surface area contributed by atoms with Gasteiger partial charge < -0.3 is 9.88 Å². The Kier molecular flexibility index (Phi) is 3.88. The standard InChI is InChI=1S/C20H23N3/c1-2-23-19-10-6-5-9-18(19)22-20(23)14-21-17-12-11-15-7-3-4-8-16(15)13-17/h3-10,17,21H,2,11-14H2,1H3/t17-/m0/s1. The topological polar surface area (TPSA) is 29.9 Å². The van der Waals surface area contributed by atoms with E-state index in [0.29, 0.717) is 6.04 Å². The van der Waals surface area contributed by atoms with Crippen molar-refractivity contribution >= 4 is 11.0 Å². The minimum Gasteiger partial charge on any atom is -0.327 e. The molecule has 3 nitrogen and oxygen atoms in total. The molecule has 3 heteroatoms. The SMILES string of the molecule is CCn1c(CN[C@H]2CCc3ccccc3C2)nc2ccccc21. The lowest BCUT2D eigenvalue weighted by Gasteiger charge is -2.25. The summed E-state index contributed by atoms with van der Waals surface area (Å²) in [7, 11) is 0. The number of nitrogens with one attached hydrogen (secondary N) is 1. The van der Waals surface area contributed by atoms with Gasteiger partial charge in [0.2, 0.25) is 0 Å². The van der Waals surface area contributed by atoms with Gasteiger partial charge in [0.15, 0.2) is 0 Å². The smallest absolute Gasteiger partial charge is 0.123 e. The number of aromatic nitrogens is 2. The largest absolute Gasteiger partial charge is 0.327 e. The van der Waals surface area contributed by atoms with Gasteiger partial charge in [-0.1, -0.05) is 36.4 Å². The van der Waals surface area contributed by atoms with E-state index in [1.807, 2.05) is 0 Å². The van der Waals surface area contributed by atoms with Crippen LogP contribution in [0.5, 0.6) is 0 Å². The quantitative estimate of drug-likeness (QED) is 0.796. The number of fused-ring (bicyclic) bond motifs is 2. The summed E-state index contributed by atoms with van der Waals surface area (Å²) in [5.74, 6) is 1.15. The van der Waals surface area contributed by atoms with Gasteiger partial charge >= 0.3 is 0 Å². The number of benzene rings is 2. The number of hydrogen-bond acceptors (Lipinski definition) is 2. The van der Waals surface area contributed by atoms with E-state index in [9.17, 15) is 0 Å². The molecule has 2 aromatic carbocycles. The second-order valence-corrected chi connectivity index (χ2v) is 6.35. The number of para-hydroxylation sites is 2. The maximum Gasteiger partial charge on any atom is 0.123 e. The average molecular weight is 305 g/mol. The maximum absolute atomic E-state index is 4.81. The zero-order valence-electron chi connectivity index (χ0n) is 13.6. The van der Waals surface area contributed by atoms with E-state index in [0.717, 1.165) is 30.9 Å². The molecule has 0 bridgehead atoms. The van der Waals surface area contributed by atoms with Crippen LogP contribution >= 0.6 is 0 Å². The summed E-state index contributed by atoms with van der Waals surface area (Å²) < 4.78 is 2.32. The third kappa shape index (κ3) is 2.77. The fourth-order valence-electron chi connectivity index (χ4n) is 3.72. The summed E-state index contributed by atoms with van der Waals surface area (Å²) in [5, 5.41) is 3.73. The molecule has 0 saturated heterocycles. The van der Waals surface area contributed by atoms with Crippen LogP contribution in [0.2, 0.25) is 0 Å². The molecule has 4 rings (SSSR count). The van der Waals surface area contributed by atoms with Gasteiger partial charge in [-0.25, -0.2) is 4.98 Å². The van der Waals surface area contributed by atoms with Crippen LogP contribution in [0.25, 0.3) is 11.0 Å². The van der Waals surface area contributed by atoms with Crippen LogP contribution in [0, 0.1) is 0 Å². The van der Waals surface area contributed by atoms with Crippen molar-refractivity contribution in [1.82, 2.24) is 14.9 Å². The van der Waals surface area contributed by atoms with Crippen LogP contribution in [0.4, 0.5) is 0 Å². The Morgan fingerprint density at radius 1 is 1.09 bits per heavy atom.